The van der Waals surface area contributed by atoms with E-state index in [1.54, 1.807) is 0 Å². The molecule has 2 amide bonds. The first-order chi connectivity index (χ1) is 14.1. The molecule has 6 unspecified atom stereocenters. The normalized spacial score (nSPS) is 29.8. The highest BCUT2D eigenvalue weighted by Crippen LogP contribution is 2.33. The average molecular weight is 427 g/mol. The summed E-state index contributed by atoms with van der Waals surface area (Å²) < 4.78 is 0. The summed E-state index contributed by atoms with van der Waals surface area (Å²) in [5.74, 6) is 0.134. The van der Waals surface area contributed by atoms with E-state index in [1.165, 1.54) is 0 Å². The molecule has 8 heteroatoms. The van der Waals surface area contributed by atoms with Gasteiger partial charge in [0.15, 0.2) is 0 Å². The third-order valence-electron chi connectivity index (χ3n) is 6.82. The van der Waals surface area contributed by atoms with Crippen molar-refractivity contribution in [2.75, 3.05) is 32.8 Å². The standard InChI is InChI=1S/C22H42N4O4/c1-14(2)22(30)25-9-7-19(23)18(13-25)20-11-17(28)12-26(20)16(4)6-5-15(3)21(29)24-8-10-27/h14-20,27-28H,5-13,23H2,1-4H3,(H,24,29). The minimum Gasteiger partial charge on any atom is -0.395 e. The first kappa shape index (κ1) is 25.0. The molecule has 0 bridgehead atoms. The number of piperidine rings is 1. The minimum absolute atomic E-state index is 0.0226. The Hall–Kier alpha value is -1.22. The fourth-order valence-corrected chi connectivity index (χ4v) is 4.91. The summed E-state index contributed by atoms with van der Waals surface area (Å²) in [6.07, 6.45) is 2.67. The Bertz CT molecular complexity index is 573. The molecule has 0 aromatic heterocycles. The first-order valence-electron chi connectivity index (χ1n) is 11.5. The number of rotatable bonds is 9. The summed E-state index contributed by atoms with van der Waals surface area (Å²) in [6.45, 7) is 10.1. The monoisotopic (exact) mass is 426 g/mol. The number of β-amino-alcohol motifs (C(OH)–C–C–N with tert-alkyl or cyclic N) is 1. The van der Waals surface area contributed by atoms with Crippen molar-refractivity contribution < 1.29 is 19.8 Å². The summed E-state index contributed by atoms with van der Waals surface area (Å²) in [6, 6.07) is 0.379. The van der Waals surface area contributed by atoms with Crippen LogP contribution in [0.3, 0.4) is 0 Å². The van der Waals surface area contributed by atoms with Crippen molar-refractivity contribution in [3.63, 3.8) is 0 Å². The largest absolute Gasteiger partial charge is 0.395 e. The van der Waals surface area contributed by atoms with Crippen molar-refractivity contribution in [3.8, 4) is 0 Å². The molecule has 2 saturated heterocycles. The molecule has 0 saturated carbocycles. The smallest absolute Gasteiger partial charge is 0.225 e. The number of nitrogens with one attached hydrogen (secondary N) is 1. The lowest BCUT2D eigenvalue weighted by molar-refractivity contribution is -0.137. The van der Waals surface area contributed by atoms with Crippen LogP contribution >= 0.6 is 0 Å². The molecule has 2 fully saturated rings. The molecule has 6 atom stereocenters. The van der Waals surface area contributed by atoms with Crippen LogP contribution in [0.2, 0.25) is 0 Å². The quantitative estimate of drug-likeness (QED) is 0.417. The van der Waals surface area contributed by atoms with Gasteiger partial charge in [-0.15, -0.1) is 0 Å². The highest BCUT2D eigenvalue weighted by atomic mass is 16.3. The molecule has 0 aromatic rings. The minimum atomic E-state index is -0.383. The van der Waals surface area contributed by atoms with Gasteiger partial charge in [-0.2, -0.15) is 0 Å². The zero-order chi connectivity index (χ0) is 22.4. The predicted octanol–water partition coefficient (Wildman–Crippen LogP) is 0.167. The van der Waals surface area contributed by atoms with Crippen molar-refractivity contribution in [2.24, 2.45) is 23.5 Å². The number of aliphatic hydroxyl groups is 2. The number of carbonyl (C=O) groups excluding carboxylic acids is 2. The number of amides is 2. The molecule has 30 heavy (non-hydrogen) atoms. The van der Waals surface area contributed by atoms with E-state index in [4.69, 9.17) is 10.8 Å². The lowest BCUT2D eigenvalue weighted by atomic mass is 9.84. The Morgan fingerprint density at radius 1 is 1.17 bits per heavy atom. The van der Waals surface area contributed by atoms with Crippen molar-refractivity contribution in [1.82, 2.24) is 15.1 Å². The fraction of sp³-hybridized carbons (Fsp3) is 0.909. The van der Waals surface area contributed by atoms with Crippen LogP contribution in [0.4, 0.5) is 0 Å². The van der Waals surface area contributed by atoms with Gasteiger partial charge in [0.1, 0.15) is 0 Å². The van der Waals surface area contributed by atoms with E-state index in [-0.39, 0.29) is 66.9 Å². The molecular formula is C22H42N4O4. The van der Waals surface area contributed by atoms with Gasteiger partial charge < -0.3 is 26.2 Å². The van der Waals surface area contributed by atoms with Gasteiger partial charge in [0, 0.05) is 62.1 Å². The van der Waals surface area contributed by atoms with Crippen molar-refractivity contribution in [2.45, 2.75) is 77.6 Å². The molecule has 2 aliphatic heterocycles. The molecule has 2 heterocycles. The molecule has 2 aliphatic rings. The molecule has 2 rings (SSSR count). The number of nitrogens with two attached hydrogens (primary N) is 1. The predicted molar refractivity (Wildman–Crippen MR) is 117 cm³/mol. The van der Waals surface area contributed by atoms with Gasteiger partial charge in [-0.3, -0.25) is 14.5 Å². The van der Waals surface area contributed by atoms with E-state index in [9.17, 15) is 14.7 Å². The van der Waals surface area contributed by atoms with Crippen LogP contribution in [-0.2, 0) is 9.59 Å². The second-order valence-corrected chi connectivity index (χ2v) is 9.55. The van der Waals surface area contributed by atoms with Crippen molar-refractivity contribution in [3.05, 3.63) is 0 Å². The topological polar surface area (TPSA) is 119 Å². The van der Waals surface area contributed by atoms with E-state index in [0.29, 0.717) is 26.1 Å². The van der Waals surface area contributed by atoms with Gasteiger partial charge in [0.25, 0.3) is 0 Å². The lowest BCUT2D eigenvalue weighted by Crippen LogP contribution is -2.57. The number of carbonyl (C=O) groups is 2. The van der Waals surface area contributed by atoms with E-state index in [1.807, 2.05) is 25.7 Å². The van der Waals surface area contributed by atoms with Crippen LogP contribution in [0, 0.1) is 17.8 Å². The summed E-state index contributed by atoms with van der Waals surface area (Å²) in [5.41, 5.74) is 6.49. The lowest BCUT2D eigenvalue weighted by Gasteiger charge is -2.44. The third-order valence-corrected chi connectivity index (χ3v) is 6.82. The molecular weight excluding hydrogens is 384 g/mol. The zero-order valence-electron chi connectivity index (χ0n) is 19.1. The first-order valence-corrected chi connectivity index (χ1v) is 11.5. The van der Waals surface area contributed by atoms with Crippen molar-refractivity contribution >= 4 is 11.8 Å². The van der Waals surface area contributed by atoms with E-state index in [0.717, 1.165) is 19.3 Å². The average Bonchev–Trinajstić information content (AvgIpc) is 3.11. The fourth-order valence-electron chi connectivity index (χ4n) is 4.91. The summed E-state index contributed by atoms with van der Waals surface area (Å²) in [5, 5.41) is 22.0. The maximum atomic E-state index is 12.5. The Kier molecular flexibility index (Phi) is 9.53. The van der Waals surface area contributed by atoms with Gasteiger partial charge in [0.05, 0.1) is 12.7 Å². The molecule has 0 spiro atoms. The summed E-state index contributed by atoms with van der Waals surface area (Å²) >= 11 is 0. The Morgan fingerprint density at radius 2 is 1.87 bits per heavy atom. The van der Waals surface area contributed by atoms with Crippen LogP contribution in [-0.4, -0.2) is 88.8 Å². The Morgan fingerprint density at radius 3 is 2.50 bits per heavy atom. The van der Waals surface area contributed by atoms with Gasteiger partial charge in [-0.1, -0.05) is 20.8 Å². The molecule has 0 radical (unpaired) electrons. The SMILES string of the molecule is CC(C)C(=O)N1CCC(N)C(C2CC(O)CN2C(C)CCC(C)C(=O)NCCO)C1. The van der Waals surface area contributed by atoms with Crippen LogP contribution in [0.15, 0.2) is 0 Å². The highest BCUT2D eigenvalue weighted by molar-refractivity contribution is 5.78. The summed E-state index contributed by atoms with van der Waals surface area (Å²) in [4.78, 5) is 28.9. The van der Waals surface area contributed by atoms with Crippen LogP contribution in [0.5, 0.6) is 0 Å². The number of hydrogen-bond donors (Lipinski definition) is 4. The van der Waals surface area contributed by atoms with E-state index >= 15 is 0 Å². The number of aliphatic hydroxyl groups excluding tert-OH is 2. The van der Waals surface area contributed by atoms with E-state index < -0.39 is 0 Å². The van der Waals surface area contributed by atoms with Crippen LogP contribution < -0.4 is 11.1 Å². The Labute approximate surface area is 181 Å². The molecule has 5 N–H and O–H groups in total. The third kappa shape index (κ3) is 6.39. The number of nitrogens with zero attached hydrogens (tertiary/aromatic N) is 2. The second kappa shape index (κ2) is 11.4. The van der Waals surface area contributed by atoms with Crippen molar-refractivity contribution in [1.29, 1.82) is 0 Å². The van der Waals surface area contributed by atoms with Gasteiger partial charge in [-0.05, 0) is 32.6 Å². The maximum Gasteiger partial charge on any atom is 0.225 e. The molecule has 0 aromatic carbocycles. The second-order valence-electron chi connectivity index (χ2n) is 9.55. The zero-order valence-corrected chi connectivity index (χ0v) is 19.1. The van der Waals surface area contributed by atoms with Gasteiger partial charge in [-0.25, -0.2) is 0 Å². The van der Waals surface area contributed by atoms with Gasteiger partial charge in [0.2, 0.25) is 11.8 Å². The molecule has 174 valence electrons. The van der Waals surface area contributed by atoms with Crippen LogP contribution in [0.1, 0.15) is 53.4 Å². The highest BCUT2D eigenvalue weighted by Gasteiger charge is 2.43. The summed E-state index contributed by atoms with van der Waals surface area (Å²) in [7, 11) is 0. The van der Waals surface area contributed by atoms with Gasteiger partial charge >= 0.3 is 0 Å². The van der Waals surface area contributed by atoms with E-state index in [2.05, 4.69) is 17.1 Å². The number of hydrogen-bond acceptors (Lipinski definition) is 6. The van der Waals surface area contributed by atoms with Crippen LogP contribution in [0.25, 0.3) is 0 Å². The Balaban J connectivity index is 1.99. The molecule has 0 aliphatic carbocycles. The maximum absolute atomic E-state index is 12.5. The number of likely N-dealkylation sites (tertiary alicyclic amines) is 2. The molecule has 8 nitrogen and oxygen atoms in total.